The van der Waals surface area contributed by atoms with Crippen LogP contribution in [0.5, 0.6) is 0 Å². The third kappa shape index (κ3) is 2.12. The molecule has 3 rings (SSSR count). The molecular weight excluding hydrogens is 272 g/mol. The van der Waals surface area contributed by atoms with Crippen molar-refractivity contribution < 1.29 is 4.42 Å². The van der Waals surface area contributed by atoms with E-state index in [-0.39, 0.29) is 5.43 Å². The minimum Gasteiger partial charge on any atom is -0.456 e. The second-order valence-corrected chi connectivity index (χ2v) is 5.32. The maximum Gasteiger partial charge on any atom is 0.193 e. The van der Waals surface area contributed by atoms with E-state index in [0.29, 0.717) is 21.8 Å². The lowest BCUT2D eigenvalue weighted by Gasteiger charge is -2.07. The molecule has 2 aromatic carbocycles. The smallest absolute Gasteiger partial charge is 0.193 e. The third-order valence-electron chi connectivity index (χ3n) is 3.31. The van der Waals surface area contributed by atoms with E-state index in [4.69, 9.17) is 16.0 Å². The molecule has 0 aliphatic heterocycles. The minimum atomic E-state index is -0.0429. The topological polar surface area (TPSA) is 30.2 Å². The summed E-state index contributed by atoms with van der Waals surface area (Å²) in [6.45, 7) is 3.90. The molecule has 0 amide bonds. The lowest BCUT2D eigenvalue weighted by Crippen LogP contribution is -2.02. The van der Waals surface area contributed by atoms with Gasteiger partial charge in [0.05, 0.1) is 10.4 Å². The fraction of sp³-hybridized carbons (Fsp3) is 0.118. The summed E-state index contributed by atoms with van der Waals surface area (Å²) in [6, 6.07) is 12.7. The maximum atomic E-state index is 12.3. The molecule has 20 heavy (non-hydrogen) atoms. The second kappa shape index (κ2) is 4.80. The van der Waals surface area contributed by atoms with Crippen LogP contribution in [0.3, 0.4) is 0 Å². The van der Waals surface area contributed by atoms with Gasteiger partial charge in [-0.15, -0.1) is 0 Å². The highest BCUT2D eigenvalue weighted by Gasteiger charge is 2.11. The van der Waals surface area contributed by atoms with Crippen molar-refractivity contribution in [1.82, 2.24) is 0 Å². The Kier molecular flexibility index (Phi) is 3.11. The molecule has 3 heteroatoms. The Morgan fingerprint density at radius 1 is 1.05 bits per heavy atom. The number of halogens is 1. The number of benzene rings is 2. The molecule has 0 fully saturated rings. The first-order valence-corrected chi connectivity index (χ1v) is 6.74. The van der Waals surface area contributed by atoms with Gasteiger partial charge >= 0.3 is 0 Å². The van der Waals surface area contributed by atoms with Crippen LogP contribution in [-0.4, -0.2) is 0 Å². The van der Waals surface area contributed by atoms with Crippen molar-refractivity contribution in [2.45, 2.75) is 13.8 Å². The highest BCUT2D eigenvalue weighted by molar-refractivity contribution is 6.33. The third-order valence-corrected chi connectivity index (χ3v) is 3.64. The summed E-state index contributed by atoms with van der Waals surface area (Å²) < 4.78 is 5.89. The Morgan fingerprint density at radius 2 is 1.80 bits per heavy atom. The molecule has 0 saturated carbocycles. The Labute approximate surface area is 121 Å². The van der Waals surface area contributed by atoms with Gasteiger partial charge in [0.2, 0.25) is 0 Å². The molecule has 0 bridgehead atoms. The summed E-state index contributed by atoms with van der Waals surface area (Å²) in [4.78, 5) is 12.3. The Bertz CT molecular complexity index is 862. The lowest BCUT2D eigenvalue weighted by atomic mass is 10.1. The summed E-state index contributed by atoms with van der Waals surface area (Å²) in [5.41, 5.74) is 3.28. The molecule has 2 nitrogen and oxygen atoms in total. The van der Waals surface area contributed by atoms with Crippen molar-refractivity contribution in [2.75, 3.05) is 0 Å². The molecule has 1 aromatic heterocycles. The van der Waals surface area contributed by atoms with Crippen molar-refractivity contribution in [3.05, 3.63) is 68.8 Å². The molecule has 0 saturated heterocycles. The Morgan fingerprint density at radius 3 is 2.55 bits per heavy atom. The van der Waals surface area contributed by atoms with Crippen LogP contribution >= 0.6 is 11.6 Å². The quantitative estimate of drug-likeness (QED) is 0.646. The number of aryl methyl sites for hydroxylation is 2. The van der Waals surface area contributed by atoms with E-state index in [2.05, 4.69) is 0 Å². The van der Waals surface area contributed by atoms with Crippen LogP contribution in [0.2, 0.25) is 5.02 Å². The van der Waals surface area contributed by atoms with E-state index in [9.17, 15) is 4.79 Å². The van der Waals surface area contributed by atoms with Gasteiger partial charge < -0.3 is 4.42 Å². The molecule has 0 spiro atoms. The van der Waals surface area contributed by atoms with Gasteiger partial charge in [-0.3, -0.25) is 4.79 Å². The summed E-state index contributed by atoms with van der Waals surface area (Å²) in [5.74, 6) is 0.498. The zero-order valence-corrected chi connectivity index (χ0v) is 12.0. The Balaban J connectivity index is 2.36. The van der Waals surface area contributed by atoms with Crippen molar-refractivity contribution in [3.63, 3.8) is 0 Å². The van der Waals surface area contributed by atoms with Gasteiger partial charge in [0.15, 0.2) is 5.43 Å². The van der Waals surface area contributed by atoms with E-state index >= 15 is 0 Å². The first kappa shape index (κ1) is 12.9. The van der Waals surface area contributed by atoms with E-state index in [1.165, 1.54) is 6.07 Å². The molecule has 0 aliphatic rings. The molecule has 1 heterocycles. The van der Waals surface area contributed by atoms with Crippen LogP contribution in [0.25, 0.3) is 22.3 Å². The van der Waals surface area contributed by atoms with Crippen molar-refractivity contribution in [3.8, 4) is 11.3 Å². The highest BCUT2D eigenvalue weighted by atomic mass is 35.5. The van der Waals surface area contributed by atoms with Gasteiger partial charge in [0.25, 0.3) is 0 Å². The molecular formula is C17H13ClO2. The molecule has 0 radical (unpaired) electrons. The molecule has 0 aliphatic carbocycles. The zero-order chi connectivity index (χ0) is 14.3. The van der Waals surface area contributed by atoms with Crippen molar-refractivity contribution in [2.24, 2.45) is 0 Å². The largest absolute Gasteiger partial charge is 0.456 e. The van der Waals surface area contributed by atoms with Crippen LogP contribution in [0.15, 0.2) is 51.7 Å². The fourth-order valence-corrected chi connectivity index (χ4v) is 2.69. The molecule has 100 valence electrons. The number of hydrogen-bond donors (Lipinski definition) is 0. The number of fused-ring (bicyclic) bond motifs is 1. The van der Waals surface area contributed by atoms with Crippen LogP contribution in [0, 0.1) is 13.8 Å². The van der Waals surface area contributed by atoms with Gasteiger partial charge in [-0.25, -0.2) is 0 Å². The average molecular weight is 285 g/mol. The fourth-order valence-electron chi connectivity index (χ4n) is 2.46. The summed E-state index contributed by atoms with van der Waals surface area (Å²) in [5, 5.41) is 1.20. The van der Waals surface area contributed by atoms with Crippen LogP contribution in [0.4, 0.5) is 0 Å². The van der Waals surface area contributed by atoms with E-state index < -0.39 is 0 Å². The SMILES string of the molecule is Cc1cc(C)c2c(=O)cc(-c3ccccc3Cl)oc2c1. The Hall–Kier alpha value is -2.06. The summed E-state index contributed by atoms with van der Waals surface area (Å²) in [6.07, 6.45) is 0. The van der Waals surface area contributed by atoms with Crippen molar-refractivity contribution >= 4 is 22.6 Å². The van der Waals surface area contributed by atoms with Gasteiger partial charge in [-0.1, -0.05) is 29.8 Å². The minimum absolute atomic E-state index is 0.0429. The second-order valence-electron chi connectivity index (χ2n) is 4.91. The molecule has 0 unspecified atom stereocenters. The monoisotopic (exact) mass is 284 g/mol. The maximum absolute atomic E-state index is 12.3. The van der Waals surface area contributed by atoms with Crippen LogP contribution < -0.4 is 5.43 Å². The number of hydrogen-bond acceptors (Lipinski definition) is 2. The lowest BCUT2D eigenvalue weighted by molar-refractivity contribution is 0.618. The van der Waals surface area contributed by atoms with E-state index in [0.717, 1.165) is 16.7 Å². The summed E-state index contributed by atoms with van der Waals surface area (Å²) >= 11 is 6.16. The first-order valence-electron chi connectivity index (χ1n) is 6.36. The average Bonchev–Trinajstić information content (AvgIpc) is 2.37. The van der Waals surface area contributed by atoms with Gasteiger partial charge in [-0.05, 0) is 43.2 Å². The number of rotatable bonds is 1. The van der Waals surface area contributed by atoms with Crippen LogP contribution in [-0.2, 0) is 0 Å². The molecule has 0 N–H and O–H groups in total. The zero-order valence-electron chi connectivity index (χ0n) is 11.2. The van der Waals surface area contributed by atoms with Crippen molar-refractivity contribution in [1.29, 1.82) is 0 Å². The highest BCUT2D eigenvalue weighted by Crippen LogP contribution is 2.29. The van der Waals surface area contributed by atoms with Gasteiger partial charge in [0, 0.05) is 11.6 Å². The van der Waals surface area contributed by atoms with Gasteiger partial charge in [-0.2, -0.15) is 0 Å². The standard InChI is InChI=1S/C17H13ClO2/c1-10-7-11(2)17-14(19)9-15(20-16(17)8-10)12-5-3-4-6-13(12)18/h3-9H,1-2H3. The van der Waals surface area contributed by atoms with Gasteiger partial charge in [0.1, 0.15) is 11.3 Å². The predicted molar refractivity (Wildman–Crippen MR) is 82.4 cm³/mol. The molecule has 0 atom stereocenters. The predicted octanol–water partition coefficient (Wildman–Crippen LogP) is 4.73. The summed E-state index contributed by atoms with van der Waals surface area (Å²) in [7, 11) is 0. The normalized spacial score (nSPS) is 10.9. The first-order chi connectivity index (χ1) is 9.56. The van der Waals surface area contributed by atoms with E-state index in [1.807, 2.05) is 44.2 Å². The van der Waals surface area contributed by atoms with Crippen LogP contribution in [0.1, 0.15) is 11.1 Å². The van der Waals surface area contributed by atoms with E-state index in [1.54, 1.807) is 6.07 Å². The molecule has 3 aromatic rings.